The van der Waals surface area contributed by atoms with Crippen LogP contribution in [0.15, 0.2) is 53.6 Å². The summed E-state index contributed by atoms with van der Waals surface area (Å²) in [5.41, 5.74) is 1.14. The number of hydrogen-bond acceptors (Lipinski definition) is 3. The van der Waals surface area contributed by atoms with Crippen LogP contribution in [0.1, 0.15) is 18.9 Å². The highest BCUT2D eigenvalue weighted by atomic mass is 35.5. The molecule has 0 radical (unpaired) electrons. The number of amides is 2. The predicted octanol–water partition coefficient (Wildman–Crippen LogP) is 4.65. The molecule has 0 N–H and O–H groups in total. The molecule has 0 saturated heterocycles. The maximum absolute atomic E-state index is 12.8. The minimum Gasteiger partial charge on any atom is -0.494 e. The van der Waals surface area contributed by atoms with E-state index >= 15 is 0 Å². The van der Waals surface area contributed by atoms with Crippen molar-refractivity contribution in [1.82, 2.24) is 0 Å². The maximum Gasteiger partial charge on any atom is 0.277 e. The average molecular weight is 376 g/mol. The number of nitrogens with zero attached hydrogens (tertiary/aromatic N) is 1. The number of rotatable bonds is 5. The van der Waals surface area contributed by atoms with Crippen molar-refractivity contribution in [2.75, 3.05) is 11.5 Å². The first-order valence-electron chi connectivity index (χ1n) is 7.80. The van der Waals surface area contributed by atoms with Gasteiger partial charge in [0.15, 0.2) is 0 Å². The number of anilines is 1. The van der Waals surface area contributed by atoms with Gasteiger partial charge in [-0.25, -0.2) is 4.90 Å². The van der Waals surface area contributed by atoms with Gasteiger partial charge < -0.3 is 4.74 Å². The molecule has 0 atom stereocenters. The summed E-state index contributed by atoms with van der Waals surface area (Å²) in [5, 5.41) is 0.432. The van der Waals surface area contributed by atoms with E-state index in [0.29, 0.717) is 28.6 Å². The van der Waals surface area contributed by atoms with Crippen LogP contribution < -0.4 is 9.64 Å². The highest BCUT2D eigenvalue weighted by Gasteiger charge is 2.39. The number of imide groups is 1. The zero-order valence-corrected chi connectivity index (χ0v) is 15.0. The number of hydrogen-bond donors (Lipinski definition) is 0. The molecule has 2 amide bonds. The molecule has 0 aromatic heterocycles. The van der Waals surface area contributed by atoms with Gasteiger partial charge in [-0.1, -0.05) is 48.3 Å². The standard InChI is InChI=1S/C19H15Cl2NO3/c1-2-10-25-15-5-3-4-14(11-15)22-18(23)16(17(21)19(22)24)12-6-8-13(20)9-7-12/h3-9,11H,2,10H2,1H3. The van der Waals surface area contributed by atoms with Crippen LogP contribution in [0.3, 0.4) is 0 Å². The zero-order valence-electron chi connectivity index (χ0n) is 13.5. The molecule has 4 nitrogen and oxygen atoms in total. The van der Waals surface area contributed by atoms with Gasteiger partial charge in [-0.3, -0.25) is 9.59 Å². The highest BCUT2D eigenvalue weighted by molar-refractivity contribution is 6.60. The van der Waals surface area contributed by atoms with Gasteiger partial charge in [-0.05, 0) is 36.2 Å². The van der Waals surface area contributed by atoms with Gasteiger partial charge in [0.1, 0.15) is 10.8 Å². The molecule has 0 aliphatic carbocycles. The fraction of sp³-hybridized carbons (Fsp3) is 0.158. The second-order valence-corrected chi connectivity index (χ2v) is 6.30. The first-order chi connectivity index (χ1) is 12.0. The molecule has 0 bridgehead atoms. The number of halogens is 2. The third-order valence-electron chi connectivity index (χ3n) is 3.71. The van der Waals surface area contributed by atoms with Crippen LogP contribution >= 0.6 is 23.2 Å². The van der Waals surface area contributed by atoms with Crippen LogP contribution in [0.5, 0.6) is 5.75 Å². The lowest BCUT2D eigenvalue weighted by molar-refractivity contribution is -0.119. The molecular formula is C19H15Cl2NO3. The van der Waals surface area contributed by atoms with Crippen molar-refractivity contribution in [1.29, 1.82) is 0 Å². The number of carbonyl (C=O) groups is 2. The molecule has 1 heterocycles. The molecule has 0 saturated carbocycles. The van der Waals surface area contributed by atoms with E-state index in [0.717, 1.165) is 11.3 Å². The van der Waals surface area contributed by atoms with Gasteiger partial charge >= 0.3 is 0 Å². The van der Waals surface area contributed by atoms with Crippen LogP contribution in [0, 0.1) is 0 Å². The van der Waals surface area contributed by atoms with E-state index < -0.39 is 11.8 Å². The minimum atomic E-state index is -0.552. The minimum absolute atomic E-state index is 0.104. The van der Waals surface area contributed by atoms with Crippen molar-refractivity contribution in [3.63, 3.8) is 0 Å². The number of ether oxygens (including phenoxy) is 1. The van der Waals surface area contributed by atoms with Gasteiger partial charge in [0.25, 0.3) is 11.8 Å². The summed E-state index contributed by atoms with van der Waals surface area (Å²) in [6, 6.07) is 13.4. The molecule has 1 aliphatic rings. The zero-order chi connectivity index (χ0) is 18.0. The number of carbonyl (C=O) groups excluding carboxylic acids is 2. The Kier molecular flexibility index (Phi) is 5.11. The molecule has 0 fully saturated rings. The third-order valence-corrected chi connectivity index (χ3v) is 4.31. The van der Waals surface area contributed by atoms with Crippen molar-refractivity contribution in [3.05, 3.63) is 64.1 Å². The highest BCUT2D eigenvalue weighted by Crippen LogP contribution is 2.36. The van der Waals surface area contributed by atoms with Gasteiger partial charge in [-0.15, -0.1) is 0 Å². The lowest BCUT2D eigenvalue weighted by Crippen LogP contribution is -2.31. The Morgan fingerprint density at radius 1 is 1.00 bits per heavy atom. The van der Waals surface area contributed by atoms with E-state index in [4.69, 9.17) is 27.9 Å². The van der Waals surface area contributed by atoms with Gasteiger partial charge in [0, 0.05) is 11.1 Å². The summed E-state index contributed by atoms with van der Waals surface area (Å²) in [6.45, 7) is 2.56. The van der Waals surface area contributed by atoms with Crippen molar-refractivity contribution in [2.45, 2.75) is 13.3 Å². The van der Waals surface area contributed by atoms with E-state index in [1.54, 1.807) is 48.5 Å². The summed E-state index contributed by atoms with van der Waals surface area (Å²) >= 11 is 12.0. The van der Waals surface area contributed by atoms with E-state index in [-0.39, 0.29) is 10.6 Å². The number of benzene rings is 2. The smallest absolute Gasteiger partial charge is 0.277 e. The Hall–Kier alpha value is -2.30. The SMILES string of the molecule is CCCOc1cccc(N2C(=O)C(Cl)=C(c3ccc(Cl)cc3)C2=O)c1. The quantitative estimate of drug-likeness (QED) is 0.714. The van der Waals surface area contributed by atoms with Crippen molar-refractivity contribution >= 4 is 46.3 Å². The molecule has 2 aromatic carbocycles. The van der Waals surface area contributed by atoms with Crippen molar-refractivity contribution in [3.8, 4) is 5.75 Å². The van der Waals surface area contributed by atoms with Crippen LogP contribution in [0.4, 0.5) is 5.69 Å². The van der Waals surface area contributed by atoms with Crippen molar-refractivity contribution < 1.29 is 14.3 Å². The van der Waals surface area contributed by atoms with E-state index in [1.807, 2.05) is 6.92 Å². The normalized spacial score (nSPS) is 14.4. The first-order valence-corrected chi connectivity index (χ1v) is 8.56. The average Bonchev–Trinajstić information content (AvgIpc) is 2.83. The monoisotopic (exact) mass is 375 g/mol. The fourth-order valence-electron chi connectivity index (χ4n) is 2.54. The van der Waals surface area contributed by atoms with Crippen LogP contribution in [-0.2, 0) is 9.59 Å². The second kappa shape index (κ2) is 7.30. The summed E-state index contributed by atoms with van der Waals surface area (Å²) in [6.07, 6.45) is 0.861. The third kappa shape index (κ3) is 3.41. The molecule has 0 unspecified atom stereocenters. The van der Waals surface area contributed by atoms with E-state index in [2.05, 4.69) is 0 Å². The summed E-state index contributed by atoms with van der Waals surface area (Å²) < 4.78 is 5.57. The molecule has 0 spiro atoms. The van der Waals surface area contributed by atoms with Crippen LogP contribution in [0.2, 0.25) is 5.02 Å². The Balaban J connectivity index is 1.94. The Bertz CT molecular complexity index is 859. The fourth-order valence-corrected chi connectivity index (χ4v) is 2.94. The Morgan fingerprint density at radius 3 is 2.40 bits per heavy atom. The van der Waals surface area contributed by atoms with Gasteiger partial charge in [0.2, 0.25) is 0 Å². The van der Waals surface area contributed by atoms with E-state index in [1.165, 1.54) is 0 Å². The Labute approximate surface area is 155 Å². The molecule has 6 heteroatoms. The molecule has 2 aromatic rings. The van der Waals surface area contributed by atoms with Crippen LogP contribution in [-0.4, -0.2) is 18.4 Å². The summed E-state index contributed by atoms with van der Waals surface area (Å²) in [4.78, 5) is 26.4. The predicted molar refractivity (Wildman–Crippen MR) is 98.9 cm³/mol. The first kappa shape index (κ1) is 17.5. The van der Waals surface area contributed by atoms with Gasteiger partial charge in [0.05, 0.1) is 17.9 Å². The summed E-state index contributed by atoms with van der Waals surface area (Å²) in [5.74, 6) is -0.426. The Morgan fingerprint density at radius 2 is 1.72 bits per heavy atom. The van der Waals surface area contributed by atoms with E-state index in [9.17, 15) is 9.59 Å². The topological polar surface area (TPSA) is 46.6 Å². The molecule has 128 valence electrons. The molecule has 1 aliphatic heterocycles. The molecule has 25 heavy (non-hydrogen) atoms. The second-order valence-electron chi connectivity index (χ2n) is 5.49. The molecule has 3 rings (SSSR count). The van der Waals surface area contributed by atoms with Gasteiger partial charge in [-0.2, -0.15) is 0 Å². The lowest BCUT2D eigenvalue weighted by atomic mass is 10.1. The van der Waals surface area contributed by atoms with Crippen LogP contribution in [0.25, 0.3) is 5.57 Å². The van der Waals surface area contributed by atoms with Crippen molar-refractivity contribution in [2.24, 2.45) is 0 Å². The maximum atomic E-state index is 12.8. The molecular weight excluding hydrogens is 361 g/mol. The lowest BCUT2D eigenvalue weighted by Gasteiger charge is -2.16. The summed E-state index contributed by atoms with van der Waals surface area (Å²) in [7, 11) is 0. The largest absolute Gasteiger partial charge is 0.494 e.